The zero-order valence-corrected chi connectivity index (χ0v) is 16.4. The lowest BCUT2D eigenvalue weighted by Gasteiger charge is -2.18. The van der Waals surface area contributed by atoms with Crippen LogP contribution in [0.15, 0.2) is 23.5 Å². The van der Waals surface area contributed by atoms with Gasteiger partial charge in [0.05, 0.1) is 0 Å². The lowest BCUT2D eigenvalue weighted by molar-refractivity contribution is 0.332. The van der Waals surface area contributed by atoms with E-state index in [1.165, 1.54) is 12.8 Å². The molecule has 7 heteroatoms. The van der Waals surface area contributed by atoms with Crippen LogP contribution in [0.25, 0.3) is 0 Å². The van der Waals surface area contributed by atoms with Gasteiger partial charge >= 0.3 is 0 Å². The third kappa shape index (κ3) is 9.99. The molecule has 1 rings (SSSR count). The average Bonchev–Trinajstić information content (AvgIpc) is 3.00. The normalized spacial score (nSPS) is 11.4. The molecule has 1 aromatic heterocycles. The first-order chi connectivity index (χ1) is 10.3. The molecule has 6 nitrogen and oxygen atoms in total. The maximum atomic E-state index is 4.24. The minimum absolute atomic E-state index is 0. The van der Waals surface area contributed by atoms with Gasteiger partial charge in [0, 0.05) is 45.6 Å². The molecule has 0 atom stereocenters. The molecule has 0 radical (unpaired) electrons. The van der Waals surface area contributed by atoms with E-state index in [-0.39, 0.29) is 24.0 Å². The predicted molar refractivity (Wildman–Crippen MR) is 104 cm³/mol. The maximum absolute atomic E-state index is 4.24. The highest BCUT2D eigenvalue weighted by Crippen LogP contribution is 1.90. The summed E-state index contributed by atoms with van der Waals surface area (Å²) in [6.07, 6.45) is 7.33. The topological polar surface area (TPSA) is 57.5 Å². The standard InChI is InChI=1S/C15H30N6.HI/c1-4-5-11-20(3)14-10-18-15(16-2)17-8-6-12-21-13-7-9-19-21;/h7,9,13H,4-6,8,10-12,14H2,1-3H3,(H2,16,17,18);1H. The van der Waals surface area contributed by atoms with Crippen LogP contribution in [0, 0.1) is 0 Å². The molecule has 0 aliphatic rings. The Kier molecular flexibility index (Phi) is 13.3. The number of nitrogens with one attached hydrogen (secondary N) is 2. The van der Waals surface area contributed by atoms with E-state index in [0.717, 1.165) is 45.1 Å². The molecule has 0 saturated carbocycles. The molecule has 1 heterocycles. The number of hydrogen-bond acceptors (Lipinski definition) is 3. The molecule has 0 bridgehead atoms. The Labute approximate surface area is 151 Å². The smallest absolute Gasteiger partial charge is 0.191 e. The van der Waals surface area contributed by atoms with Gasteiger partial charge in [0.25, 0.3) is 0 Å². The van der Waals surface area contributed by atoms with Crippen molar-refractivity contribution in [3.8, 4) is 0 Å². The fourth-order valence-electron chi connectivity index (χ4n) is 2.01. The van der Waals surface area contributed by atoms with Crippen LogP contribution in [0.1, 0.15) is 26.2 Å². The zero-order chi connectivity index (χ0) is 15.3. The van der Waals surface area contributed by atoms with Crippen molar-refractivity contribution in [2.75, 3.05) is 40.3 Å². The van der Waals surface area contributed by atoms with Gasteiger partial charge in [0.2, 0.25) is 0 Å². The second kappa shape index (κ2) is 13.8. The number of unbranched alkanes of at least 4 members (excludes halogenated alkanes) is 1. The SMILES string of the molecule is CCCCN(C)CCNC(=NC)NCCCn1cccn1.I. The summed E-state index contributed by atoms with van der Waals surface area (Å²) in [5.74, 6) is 0.874. The summed E-state index contributed by atoms with van der Waals surface area (Å²) >= 11 is 0. The summed E-state index contributed by atoms with van der Waals surface area (Å²) in [7, 11) is 3.97. The van der Waals surface area contributed by atoms with Crippen LogP contribution in [0.2, 0.25) is 0 Å². The molecule has 2 N–H and O–H groups in total. The molecule has 0 amide bonds. The molecule has 1 aromatic rings. The Morgan fingerprint density at radius 1 is 1.23 bits per heavy atom. The van der Waals surface area contributed by atoms with Crippen molar-refractivity contribution in [3.63, 3.8) is 0 Å². The second-order valence-corrected chi connectivity index (χ2v) is 5.21. The van der Waals surface area contributed by atoms with Crippen LogP contribution in [0.4, 0.5) is 0 Å². The highest BCUT2D eigenvalue weighted by atomic mass is 127. The molecule has 0 saturated heterocycles. The van der Waals surface area contributed by atoms with Gasteiger partial charge < -0.3 is 15.5 Å². The number of guanidine groups is 1. The quantitative estimate of drug-likeness (QED) is 0.261. The van der Waals surface area contributed by atoms with Gasteiger partial charge in [-0.1, -0.05) is 13.3 Å². The van der Waals surface area contributed by atoms with Gasteiger partial charge in [-0.15, -0.1) is 24.0 Å². The highest BCUT2D eigenvalue weighted by Gasteiger charge is 2.00. The monoisotopic (exact) mass is 422 g/mol. The van der Waals surface area contributed by atoms with E-state index >= 15 is 0 Å². The van der Waals surface area contributed by atoms with E-state index in [1.807, 2.05) is 30.2 Å². The first-order valence-electron chi connectivity index (χ1n) is 7.86. The molecule has 0 aromatic carbocycles. The lowest BCUT2D eigenvalue weighted by atomic mass is 10.3. The fraction of sp³-hybridized carbons (Fsp3) is 0.733. The molecule has 22 heavy (non-hydrogen) atoms. The van der Waals surface area contributed by atoms with Crippen molar-refractivity contribution >= 4 is 29.9 Å². The Bertz CT molecular complexity index is 379. The number of likely N-dealkylation sites (N-methyl/N-ethyl adjacent to an activating group) is 1. The molecule has 0 fully saturated rings. The lowest BCUT2D eigenvalue weighted by Crippen LogP contribution is -2.41. The van der Waals surface area contributed by atoms with Gasteiger partial charge in [0.1, 0.15) is 0 Å². The number of hydrogen-bond donors (Lipinski definition) is 2. The number of nitrogens with zero attached hydrogens (tertiary/aromatic N) is 4. The number of rotatable bonds is 10. The fourth-order valence-corrected chi connectivity index (χ4v) is 2.01. The largest absolute Gasteiger partial charge is 0.356 e. The van der Waals surface area contributed by atoms with Crippen LogP contribution in [-0.4, -0.2) is 60.9 Å². The Morgan fingerprint density at radius 2 is 2.00 bits per heavy atom. The maximum Gasteiger partial charge on any atom is 0.191 e. The first kappa shape index (κ1) is 21.2. The summed E-state index contributed by atoms with van der Waals surface area (Å²) in [6.45, 7) is 7.16. The summed E-state index contributed by atoms with van der Waals surface area (Å²) in [5.41, 5.74) is 0. The van der Waals surface area contributed by atoms with Gasteiger partial charge in [-0.3, -0.25) is 9.67 Å². The average molecular weight is 422 g/mol. The van der Waals surface area contributed by atoms with Gasteiger partial charge in [-0.2, -0.15) is 5.10 Å². The Balaban J connectivity index is 0.00000441. The summed E-state index contributed by atoms with van der Waals surface area (Å²) < 4.78 is 1.95. The van der Waals surface area contributed by atoms with E-state index in [4.69, 9.17) is 0 Å². The molecule has 0 unspecified atom stereocenters. The Morgan fingerprint density at radius 3 is 2.64 bits per heavy atom. The number of aromatic nitrogens is 2. The highest BCUT2D eigenvalue weighted by molar-refractivity contribution is 14.0. The van der Waals surface area contributed by atoms with E-state index in [9.17, 15) is 0 Å². The molecule has 128 valence electrons. The number of halogens is 1. The van der Waals surface area contributed by atoms with Gasteiger partial charge in [-0.25, -0.2) is 0 Å². The van der Waals surface area contributed by atoms with Gasteiger partial charge in [-0.05, 0) is 32.5 Å². The van der Waals surface area contributed by atoms with Crippen LogP contribution in [0.5, 0.6) is 0 Å². The zero-order valence-electron chi connectivity index (χ0n) is 14.1. The van der Waals surface area contributed by atoms with Crippen molar-refractivity contribution in [1.82, 2.24) is 25.3 Å². The predicted octanol–water partition coefficient (Wildman–Crippen LogP) is 1.79. The van der Waals surface area contributed by atoms with E-state index in [1.54, 1.807) is 0 Å². The first-order valence-corrected chi connectivity index (χ1v) is 7.86. The van der Waals surface area contributed by atoms with Crippen LogP contribution < -0.4 is 10.6 Å². The Hall–Kier alpha value is -0.830. The molecule has 0 aliphatic heterocycles. The molecular weight excluding hydrogens is 391 g/mol. The van der Waals surface area contributed by atoms with Crippen molar-refractivity contribution in [3.05, 3.63) is 18.5 Å². The van der Waals surface area contributed by atoms with E-state index in [0.29, 0.717) is 0 Å². The minimum Gasteiger partial charge on any atom is -0.356 e. The van der Waals surface area contributed by atoms with Crippen LogP contribution in [0.3, 0.4) is 0 Å². The molecule has 0 aliphatic carbocycles. The van der Waals surface area contributed by atoms with Crippen LogP contribution in [-0.2, 0) is 6.54 Å². The second-order valence-electron chi connectivity index (χ2n) is 5.21. The van der Waals surface area contributed by atoms with Crippen molar-refractivity contribution < 1.29 is 0 Å². The van der Waals surface area contributed by atoms with Crippen molar-refractivity contribution in [2.45, 2.75) is 32.7 Å². The summed E-state index contributed by atoms with van der Waals surface area (Å²) in [4.78, 5) is 6.58. The summed E-state index contributed by atoms with van der Waals surface area (Å²) in [6, 6.07) is 1.95. The summed E-state index contributed by atoms with van der Waals surface area (Å²) in [5, 5.41) is 10.9. The molecular formula is C15H31IN6. The van der Waals surface area contributed by atoms with Crippen molar-refractivity contribution in [1.29, 1.82) is 0 Å². The van der Waals surface area contributed by atoms with E-state index in [2.05, 4.69) is 39.6 Å². The third-order valence-corrected chi connectivity index (χ3v) is 3.32. The van der Waals surface area contributed by atoms with Crippen molar-refractivity contribution in [2.24, 2.45) is 4.99 Å². The molecule has 0 spiro atoms. The number of aryl methyl sites for hydroxylation is 1. The third-order valence-electron chi connectivity index (χ3n) is 3.32. The number of aliphatic imine (C=N–C) groups is 1. The van der Waals surface area contributed by atoms with Crippen LogP contribution >= 0.6 is 24.0 Å². The minimum atomic E-state index is 0. The van der Waals surface area contributed by atoms with Gasteiger partial charge in [0.15, 0.2) is 5.96 Å². The van der Waals surface area contributed by atoms with E-state index < -0.39 is 0 Å².